The van der Waals surface area contributed by atoms with E-state index in [1.54, 1.807) is 12.1 Å². The van der Waals surface area contributed by atoms with Gasteiger partial charge in [-0.1, -0.05) is 31.0 Å². The number of ether oxygens (including phenoxy) is 2. The van der Waals surface area contributed by atoms with Crippen molar-refractivity contribution in [2.75, 3.05) is 19.8 Å². The molecule has 1 amide bonds. The number of hydrogen-bond donors (Lipinski definition) is 1. The molecule has 1 N–H and O–H groups in total. The van der Waals surface area contributed by atoms with Gasteiger partial charge in [-0.15, -0.1) is 0 Å². The molecular weight excluding hydrogens is 302 g/mol. The zero-order chi connectivity index (χ0) is 17.2. The predicted molar refractivity (Wildman–Crippen MR) is 95.9 cm³/mol. The Hall–Kier alpha value is -2.49. The first-order valence-corrected chi connectivity index (χ1v) is 8.39. The van der Waals surface area contributed by atoms with Crippen molar-refractivity contribution in [1.29, 1.82) is 0 Å². The molecule has 0 aliphatic carbocycles. The molecule has 0 aliphatic heterocycles. The summed E-state index contributed by atoms with van der Waals surface area (Å²) in [6.45, 7) is 5.76. The minimum atomic E-state index is -0.109. The Morgan fingerprint density at radius 1 is 0.917 bits per heavy atom. The highest BCUT2D eigenvalue weighted by Crippen LogP contribution is 2.13. The molecule has 2 aromatic carbocycles. The predicted octanol–water partition coefficient (Wildman–Crippen LogP) is 3.98. The van der Waals surface area contributed by atoms with E-state index >= 15 is 0 Å². The summed E-state index contributed by atoms with van der Waals surface area (Å²) in [5, 5.41) is 2.85. The average molecular weight is 327 g/mol. The van der Waals surface area contributed by atoms with Crippen LogP contribution in [-0.2, 0) is 0 Å². The largest absolute Gasteiger partial charge is 0.494 e. The maximum absolute atomic E-state index is 12.1. The van der Waals surface area contributed by atoms with Crippen LogP contribution in [0.2, 0.25) is 0 Å². The summed E-state index contributed by atoms with van der Waals surface area (Å²) in [5.74, 6) is 1.49. The van der Waals surface area contributed by atoms with Gasteiger partial charge in [0.1, 0.15) is 18.1 Å². The van der Waals surface area contributed by atoms with Crippen LogP contribution in [-0.4, -0.2) is 25.7 Å². The van der Waals surface area contributed by atoms with Crippen molar-refractivity contribution in [3.05, 3.63) is 59.7 Å². The Morgan fingerprint density at radius 3 is 2.12 bits per heavy atom. The Bertz CT molecular complexity index is 620. The fraction of sp³-hybridized carbons (Fsp3) is 0.350. The van der Waals surface area contributed by atoms with Crippen LogP contribution in [0, 0.1) is 6.92 Å². The molecule has 0 spiro atoms. The smallest absolute Gasteiger partial charge is 0.251 e. The first-order valence-electron chi connectivity index (χ1n) is 8.39. The summed E-state index contributed by atoms with van der Waals surface area (Å²) in [5.41, 5.74) is 1.81. The van der Waals surface area contributed by atoms with E-state index in [0.717, 1.165) is 24.3 Å². The fourth-order valence-electron chi connectivity index (χ4n) is 2.11. The number of carbonyl (C=O) groups is 1. The van der Waals surface area contributed by atoms with E-state index in [9.17, 15) is 4.79 Å². The van der Waals surface area contributed by atoms with E-state index in [2.05, 4.69) is 12.2 Å². The van der Waals surface area contributed by atoms with Crippen LogP contribution in [0.5, 0.6) is 11.5 Å². The highest BCUT2D eigenvalue weighted by atomic mass is 16.5. The van der Waals surface area contributed by atoms with Crippen LogP contribution in [0.4, 0.5) is 0 Å². The quantitative estimate of drug-likeness (QED) is 0.709. The summed E-state index contributed by atoms with van der Waals surface area (Å²) in [7, 11) is 0. The number of aryl methyl sites for hydroxylation is 1. The van der Waals surface area contributed by atoms with Gasteiger partial charge >= 0.3 is 0 Å². The molecule has 2 aromatic rings. The first kappa shape index (κ1) is 17.9. The van der Waals surface area contributed by atoms with Crippen molar-refractivity contribution >= 4 is 5.91 Å². The molecule has 0 aromatic heterocycles. The Balaban J connectivity index is 1.71. The standard InChI is InChI=1S/C20H25NO3/c1-3-4-14-23-19-11-7-17(8-12-19)20(22)21-13-15-24-18-9-5-16(2)6-10-18/h5-12H,3-4,13-15H2,1-2H3,(H,21,22). The second kappa shape index (κ2) is 9.60. The maximum Gasteiger partial charge on any atom is 0.251 e. The van der Waals surface area contributed by atoms with Gasteiger partial charge in [-0.05, 0) is 49.7 Å². The van der Waals surface area contributed by atoms with Gasteiger partial charge in [0.05, 0.1) is 13.2 Å². The monoisotopic (exact) mass is 327 g/mol. The van der Waals surface area contributed by atoms with Gasteiger partial charge in [-0.25, -0.2) is 0 Å². The lowest BCUT2D eigenvalue weighted by atomic mass is 10.2. The number of carbonyl (C=O) groups excluding carboxylic acids is 1. The number of rotatable bonds is 9. The van der Waals surface area contributed by atoms with Gasteiger partial charge in [-0.3, -0.25) is 4.79 Å². The molecule has 4 nitrogen and oxygen atoms in total. The Labute approximate surface area is 143 Å². The van der Waals surface area contributed by atoms with E-state index in [4.69, 9.17) is 9.47 Å². The van der Waals surface area contributed by atoms with Gasteiger partial charge in [0.15, 0.2) is 0 Å². The van der Waals surface area contributed by atoms with Crippen LogP contribution in [0.3, 0.4) is 0 Å². The molecule has 0 bridgehead atoms. The van der Waals surface area contributed by atoms with Crippen LogP contribution in [0.1, 0.15) is 35.7 Å². The van der Waals surface area contributed by atoms with Crippen LogP contribution >= 0.6 is 0 Å². The lowest BCUT2D eigenvalue weighted by Gasteiger charge is -2.09. The van der Waals surface area contributed by atoms with Gasteiger partial charge in [0.25, 0.3) is 5.91 Å². The molecule has 0 aliphatic rings. The minimum Gasteiger partial charge on any atom is -0.494 e. The van der Waals surface area contributed by atoms with E-state index in [1.807, 2.05) is 43.3 Å². The topological polar surface area (TPSA) is 47.6 Å². The highest BCUT2D eigenvalue weighted by Gasteiger charge is 2.05. The normalized spacial score (nSPS) is 10.2. The summed E-state index contributed by atoms with van der Waals surface area (Å²) < 4.78 is 11.2. The van der Waals surface area contributed by atoms with E-state index in [0.29, 0.717) is 25.3 Å². The first-order chi connectivity index (χ1) is 11.7. The van der Waals surface area contributed by atoms with Crippen molar-refractivity contribution in [3.63, 3.8) is 0 Å². The molecule has 2 rings (SSSR count). The van der Waals surface area contributed by atoms with Crippen molar-refractivity contribution in [2.45, 2.75) is 26.7 Å². The van der Waals surface area contributed by atoms with E-state index < -0.39 is 0 Å². The fourth-order valence-corrected chi connectivity index (χ4v) is 2.11. The lowest BCUT2D eigenvalue weighted by molar-refractivity contribution is 0.0947. The highest BCUT2D eigenvalue weighted by molar-refractivity contribution is 5.94. The number of unbranched alkanes of at least 4 members (excludes halogenated alkanes) is 1. The molecule has 128 valence electrons. The molecule has 0 fully saturated rings. The summed E-state index contributed by atoms with van der Waals surface area (Å²) >= 11 is 0. The van der Waals surface area contributed by atoms with E-state index in [1.165, 1.54) is 5.56 Å². The van der Waals surface area contributed by atoms with Crippen LogP contribution in [0.25, 0.3) is 0 Å². The molecule has 0 atom stereocenters. The Kier molecular flexibility index (Phi) is 7.15. The summed E-state index contributed by atoms with van der Waals surface area (Å²) in [6.07, 6.45) is 2.13. The average Bonchev–Trinajstić information content (AvgIpc) is 2.61. The number of amides is 1. The third-order valence-corrected chi connectivity index (χ3v) is 3.56. The molecule has 0 heterocycles. The van der Waals surface area contributed by atoms with Crippen molar-refractivity contribution < 1.29 is 14.3 Å². The molecule has 0 saturated heterocycles. The number of benzene rings is 2. The maximum atomic E-state index is 12.1. The summed E-state index contributed by atoms with van der Waals surface area (Å²) in [4.78, 5) is 12.1. The molecular formula is C20H25NO3. The minimum absolute atomic E-state index is 0.109. The molecule has 0 unspecified atom stereocenters. The van der Waals surface area contributed by atoms with Gasteiger partial charge in [-0.2, -0.15) is 0 Å². The van der Waals surface area contributed by atoms with Gasteiger partial charge in [0, 0.05) is 5.56 Å². The van der Waals surface area contributed by atoms with Crippen molar-refractivity contribution in [2.24, 2.45) is 0 Å². The second-order valence-electron chi connectivity index (χ2n) is 5.64. The third kappa shape index (κ3) is 5.95. The zero-order valence-electron chi connectivity index (χ0n) is 14.4. The van der Waals surface area contributed by atoms with Gasteiger partial charge in [0.2, 0.25) is 0 Å². The Morgan fingerprint density at radius 2 is 1.50 bits per heavy atom. The molecule has 4 heteroatoms. The van der Waals surface area contributed by atoms with Crippen molar-refractivity contribution in [3.8, 4) is 11.5 Å². The van der Waals surface area contributed by atoms with Gasteiger partial charge < -0.3 is 14.8 Å². The molecule has 0 saturated carbocycles. The lowest BCUT2D eigenvalue weighted by Crippen LogP contribution is -2.28. The van der Waals surface area contributed by atoms with Crippen LogP contribution in [0.15, 0.2) is 48.5 Å². The molecule has 0 radical (unpaired) electrons. The third-order valence-electron chi connectivity index (χ3n) is 3.56. The van der Waals surface area contributed by atoms with Crippen molar-refractivity contribution in [1.82, 2.24) is 5.32 Å². The number of nitrogens with one attached hydrogen (secondary N) is 1. The summed E-state index contributed by atoms with van der Waals surface area (Å²) in [6, 6.07) is 15.1. The van der Waals surface area contributed by atoms with Crippen LogP contribution < -0.4 is 14.8 Å². The molecule has 24 heavy (non-hydrogen) atoms. The van der Waals surface area contributed by atoms with E-state index in [-0.39, 0.29) is 5.91 Å². The SMILES string of the molecule is CCCCOc1ccc(C(=O)NCCOc2ccc(C)cc2)cc1. The second-order valence-corrected chi connectivity index (χ2v) is 5.64. The number of hydrogen-bond acceptors (Lipinski definition) is 3. The zero-order valence-corrected chi connectivity index (χ0v) is 14.4.